The minimum absolute atomic E-state index is 0.724. The van der Waals surface area contributed by atoms with Crippen LogP contribution >= 0.6 is 0 Å². The molecule has 8 aromatic carbocycles. The number of rotatable bonds is 5. The van der Waals surface area contributed by atoms with E-state index in [1.54, 1.807) is 0 Å². The molecule has 4 heteroatoms. The average molecular weight is 689 g/mol. The van der Waals surface area contributed by atoms with Gasteiger partial charge in [-0.3, -0.25) is 0 Å². The molecule has 0 saturated heterocycles. The van der Waals surface area contributed by atoms with Crippen LogP contribution in [0.15, 0.2) is 194 Å². The molecular formula is C50H32N4. The van der Waals surface area contributed by atoms with Gasteiger partial charge in [0, 0.05) is 49.4 Å². The van der Waals surface area contributed by atoms with Crippen molar-refractivity contribution in [2.75, 3.05) is 0 Å². The second-order valence-electron chi connectivity index (χ2n) is 13.8. The van der Waals surface area contributed by atoms with Gasteiger partial charge in [0.2, 0.25) is 0 Å². The normalized spacial score (nSPS) is 11.7. The predicted molar refractivity (Wildman–Crippen MR) is 225 cm³/mol. The van der Waals surface area contributed by atoms with E-state index < -0.39 is 0 Å². The Morgan fingerprint density at radius 1 is 0.296 bits per heavy atom. The van der Waals surface area contributed by atoms with Gasteiger partial charge < -0.3 is 9.13 Å². The molecule has 3 aromatic heterocycles. The lowest BCUT2D eigenvalue weighted by atomic mass is 10.0. The molecular weight excluding hydrogens is 657 g/mol. The zero-order chi connectivity index (χ0) is 35.6. The Bertz CT molecular complexity index is 3210. The van der Waals surface area contributed by atoms with Crippen LogP contribution in [0, 0.1) is 0 Å². The molecule has 0 fully saturated rings. The first-order valence-electron chi connectivity index (χ1n) is 18.3. The molecule has 0 radical (unpaired) electrons. The number of nitrogens with zero attached hydrogens (tertiary/aromatic N) is 4. The molecule has 0 unspecified atom stereocenters. The molecule has 11 rings (SSSR count). The van der Waals surface area contributed by atoms with Crippen LogP contribution in [0.5, 0.6) is 0 Å². The minimum Gasteiger partial charge on any atom is -0.309 e. The van der Waals surface area contributed by atoms with Crippen molar-refractivity contribution in [3.05, 3.63) is 194 Å². The molecule has 3 heterocycles. The van der Waals surface area contributed by atoms with E-state index in [0.717, 1.165) is 44.8 Å². The predicted octanol–water partition coefficient (Wildman–Crippen LogP) is 12.8. The van der Waals surface area contributed by atoms with E-state index in [2.05, 4.69) is 179 Å². The molecule has 0 bridgehead atoms. The van der Waals surface area contributed by atoms with Crippen molar-refractivity contribution in [1.29, 1.82) is 0 Å². The minimum atomic E-state index is 0.724. The highest BCUT2D eigenvalue weighted by Gasteiger charge is 2.17. The van der Waals surface area contributed by atoms with E-state index in [4.69, 9.17) is 9.97 Å². The summed E-state index contributed by atoms with van der Waals surface area (Å²) in [6.07, 6.45) is 0. The van der Waals surface area contributed by atoms with Crippen LogP contribution in [0.25, 0.3) is 99.7 Å². The van der Waals surface area contributed by atoms with Gasteiger partial charge in [-0.1, -0.05) is 127 Å². The van der Waals surface area contributed by atoms with Crippen LogP contribution in [0.4, 0.5) is 0 Å². The van der Waals surface area contributed by atoms with Crippen molar-refractivity contribution >= 4 is 54.5 Å². The lowest BCUT2D eigenvalue weighted by molar-refractivity contribution is 1.17. The number of benzene rings is 8. The molecule has 0 amide bonds. The second kappa shape index (κ2) is 12.1. The van der Waals surface area contributed by atoms with Crippen LogP contribution in [0.1, 0.15) is 0 Å². The Kier molecular flexibility index (Phi) is 6.82. The zero-order valence-corrected chi connectivity index (χ0v) is 29.3. The summed E-state index contributed by atoms with van der Waals surface area (Å²) in [5.41, 5.74) is 13.3. The summed E-state index contributed by atoms with van der Waals surface area (Å²) >= 11 is 0. The van der Waals surface area contributed by atoms with Gasteiger partial charge in [0.25, 0.3) is 0 Å². The molecule has 11 aromatic rings. The molecule has 54 heavy (non-hydrogen) atoms. The number of para-hydroxylation sites is 4. The van der Waals surface area contributed by atoms with E-state index in [-0.39, 0.29) is 0 Å². The fourth-order valence-electron chi connectivity index (χ4n) is 8.24. The van der Waals surface area contributed by atoms with Crippen molar-refractivity contribution in [3.63, 3.8) is 0 Å². The van der Waals surface area contributed by atoms with Gasteiger partial charge in [0.05, 0.1) is 33.3 Å². The van der Waals surface area contributed by atoms with Crippen molar-refractivity contribution in [1.82, 2.24) is 19.1 Å². The van der Waals surface area contributed by atoms with Gasteiger partial charge in [0.15, 0.2) is 5.82 Å². The smallest absolute Gasteiger partial charge is 0.160 e. The highest BCUT2D eigenvalue weighted by molar-refractivity contribution is 6.12. The van der Waals surface area contributed by atoms with Gasteiger partial charge in [-0.15, -0.1) is 0 Å². The average Bonchev–Trinajstić information content (AvgIpc) is 3.76. The van der Waals surface area contributed by atoms with Crippen LogP contribution in [0.3, 0.4) is 0 Å². The summed E-state index contributed by atoms with van der Waals surface area (Å²) in [6, 6.07) is 69.1. The number of hydrogen-bond donors (Lipinski definition) is 0. The molecule has 0 aliphatic carbocycles. The van der Waals surface area contributed by atoms with Crippen molar-refractivity contribution in [2.45, 2.75) is 0 Å². The topological polar surface area (TPSA) is 35.6 Å². The lowest BCUT2D eigenvalue weighted by Gasteiger charge is -2.13. The maximum Gasteiger partial charge on any atom is 0.160 e. The van der Waals surface area contributed by atoms with E-state index in [9.17, 15) is 0 Å². The van der Waals surface area contributed by atoms with Gasteiger partial charge in [-0.25, -0.2) is 9.97 Å². The number of aromatic nitrogens is 4. The molecule has 0 N–H and O–H groups in total. The quantitative estimate of drug-likeness (QED) is 0.180. The fraction of sp³-hybridized carbons (Fsp3) is 0. The van der Waals surface area contributed by atoms with Crippen molar-refractivity contribution in [2.24, 2.45) is 0 Å². The summed E-state index contributed by atoms with van der Waals surface area (Å²) in [5, 5.41) is 5.98. The van der Waals surface area contributed by atoms with Crippen LogP contribution in [-0.2, 0) is 0 Å². The lowest BCUT2D eigenvalue weighted by Crippen LogP contribution is -1.97. The first-order chi connectivity index (χ1) is 26.8. The van der Waals surface area contributed by atoms with Gasteiger partial charge in [0.1, 0.15) is 0 Å². The van der Waals surface area contributed by atoms with Crippen LogP contribution in [0.2, 0.25) is 0 Å². The first-order valence-corrected chi connectivity index (χ1v) is 18.3. The van der Waals surface area contributed by atoms with E-state index >= 15 is 0 Å². The van der Waals surface area contributed by atoms with Crippen LogP contribution in [-0.4, -0.2) is 19.1 Å². The second-order valence-corrected chi connectivity index (χ2v) is 13.8. The highest BCUT2D eigenvalue weighted by atomic mass is 15.0. The Morgan fingerprint density at radius 3 is 1.46 bits per heavy atom. The Hall–Kier alpha value is -7.30. The molecule has 252 valence electrons. The molecule has 0 aliphatic heterocycles. The first kappa shape index (κ1) is 30.3. The highest BCUT2D eigenvalue weighted by Crippen LogP contribution is 2.39. The Morgan fingerprint density at radius 2 is 0.796 bits per heavy atom. The third kappa shape index (κ3) is 4.78. The molecule has 0 aliphatic rings. The third-order valence-electron chi connectivity index (χ3n) is 10.7. The monoisotopic (exact) mass is 688 g/mol. The van der Waals surface area contributed by atoms with Crippen molar-refractivity contribution < 1.29 is 0 Å². The molecule has 0 saturated carbocycles. The van der Waals surface area contributed by atoms with E-state index in [0.29, 0.717) is 0 Å². The van der Waals surface area contributed by atoms with Crippen molar-refractivity contribution in [3.8, 4) is 45.1 Å². The van der Waals surface area contributed by atoms with E-state index in [1.807, 2.05) is 24.3 Å². The standard InChI is InChI=1S/C50H32N4/c1-3-14-33(15-4-1)50-51-44-23-10-7-22-41(44)49(52-50)36-16-13-19-38(30-36)54-46-25-12-9-21-40(46)43-32-35(27-29-48(43)54)34-26-28-47-42(31-34)39-20-8-11-24-45(39)53(47)37-17-5-2-6-18-37/h1-32H. The van der Waals surface area contributed by atoms with Crippen LogP contribution < -0.4 is 0 Å². The fourth-order valence-corrected chi connectivity index (χ4v) is 8.24. The van der Waals surface area contributed by atoms with Gasteiger partial charge in [-0.2, -0.15) is 0 Å². The Balaban J connectivity index is 1.07. The summed E-state index contributed by atoms with van der Waals surface area (Å²) in [4.78, 5) is 10.1. The number of hydrogen-bond acceptors (Lipinski definition) is 2. The Labute approximate surface area is 311 Å². The molecule has 0 atom stereocenters. The van der Waals surface area contributed by atoms with Gasteiger partial charge >= 0.3 is 0 Å². The summed E-state index contributed by atoms with van der Waals surface area (Å²) in [7, 11) is 0. The third-order valence-corrected chi connectivity index (χ3v) is 10.7. The SMILES string of the molecule is c1ccc(-c2nc(-c3cccc(-n4c5ccccc5c5cc(-c6ccc7c(c6)c6ccccc6n7-c6ccccc6)ccc54)c3)c3ccccc3n2)cc1. The summed E-state index contributed by atoms with van der Waals surface area (Å²) in [5.74, 6) is 0.724. The zero-order valence-electron chi connectivity index (χ0n) is 29.3. The molecule has 4 nitrogen and oxygen atoms in total. The summed E-state index contributed by atoms with van der Waals surface area (Å²) in [6.45, 7) is 0. The van der Waals surface area contributed by atoms with Gasteiger partial charge in [-0.05, 0) is 77.9 Å². The summed E-state index contributed by atoms with van der Waals surface area (Å²) < 4.78 is 4.75. The maximum absolute atomic E-state index is 5.17. The maximum atomic E-state index is 5.17. The van der Waals surface area contributed by atoms with E-state index in [1.165, 1.54) is 54.9 Å². The molecule has 0 spiro atoms. The number of fused-ring (bicyclic) bond motifs is 7. The largest absolute Gasteiger partial charge is 0.309 e.